The van der Waals surface area contributed by atoms with Crippen molar-refractivity contribution in [2.45, 2.75) is 72.3 Å². The average Bonchev–Trinajstić information content (AvgIpc) is 3.30. The van der Waals surface area contributed by atoms with Crippen LogP contribution in [0.15, 0.2) is 48.7 Å². The van der Waals surface area contributed by atoms with Gasteiger partial charge >= 0.3 is 12.1 Å². The molecule has 0 aliphatic carbocycles. The number of hydrogen-bond acceptors (Lipinski definition) is 7. The maximum absolute atomic E-state index is 12.1. The first-order chi connectivity index (χ1) is 20.8. The van der Waals surface area contributed by atoms with Gasteiger partial charge in [0.25, 0.3) is 0 Å². The second-order valence-corrected chi connectivity index (χ2v) is 10.6. The fourth-order valence-corrected chi connectivity index (χ4v) is 4.59. The number of rotatable bonds is 15. The van der Waals surface area contributed by atoms with E-state index in [9.17, 15) is 9.59 Å². The molecule has 0 fully saturated rings. The standard InChI is InChI=1S/C27H33N5O3.C6H12O2/c1-4-5-14-34-18-35-27(33)31-20-10-11-24-23(15-20)22(19(2)29-24)12-13-32(3)17-21-16-28-25-8-6-7-9-26(25)30-21;1-2-3-4-5-6(7)8/h6-11,15-16,29H,4-5,12-14,17-18H2,1-3H3,(H,31,33);2-5H2,1H3,(H,7,8). The number of aryl methyl sites for hydroxylation is 1. The van der Waals surface area contributed by atoms with Gasteiger partial charge in [-0.3, -0.25) is 15.1 Å². The Kier molecular flexibility index (Phi) is 13.9. The number of carboxylic acids is 1. The minimum atomic E-state index is -0.682. The van der Waals surface area contributed by atoms with E-state index in [4.69, 9.17) is 19.6 Å². The summed E-state index contributed by atoms with van der Waals surface area (Å²) in [5.74, 6) is -0.682. The molecule has 4 rings (SSSR count). The maximum Gasteiger partial charge on any atom is 0.413 e. The van der Waals surface area contributed by atoms with Crippen LogP contribution in [0.4, 0.5) is 10.5 Å². The van der Waals surface area contributed by atoms with Crippen molar-refractivity contribution in [1.29, 1.82) is 0 Å². The third kappa shape index (κ3) is 11.3. The smallest absolute Gasteiger partial charge is 0.413 e. The number of aromatic amines is 1. The maximum atomic E-state index is 12.1. The number of nitrogens with one attached hydrogen (secondary N) is 2. The number of carboxylic acid groups (broad SMARTS) is 1. The van der Waals surface area contributed by atoms with E-state index in [2.05, 4.69) is 48.0 Å². The summed E-state index contributed by atoms with van der Waals surface area (Å²) in [6.07, 6.45) is 7.45. The first-order valence-electron chi connectivity index (χ1n) is 15.0. The second kappa shape index (κ2) is 17.8. The predicted molar refractivity (Wildman–Crippen MR) is 170 cm³/mol. The van der Waals surface area contributed by atoms with Gasteiger partial charge in [0.15, 0.2) is 6.79 Å². The summed E-state index contributed by atoms with van der Waals surface area (Å²) in [5.41, 5.74) is 6.87. The number of amides is 1. The molecular formula is C33H45N5O5. The molecule has 232 valence electrons. The Balaban J connectivity index is 0.000000557. The number of hydrogen-bond donors (Lipinski definition) is 3. The number of carbonyl (C=O) groups excluding carboxylic acids is 1. The van der Waals surface area contributed by atoms with E-state index in [1.807, 2.05) is 48.7 Å². The summed E-state index contributed by atoms with van der Waals surface area (Å²) < 4.78 is 10.4. The van der Waals surface area contributed by atoms with Crippen LogP contribution in [0.3, 0.4) is 0 Å². The number of H-pyrrole nitrogens is 1. The highest BCUT2D eigenvalue weighted by Gasteiger charge is 2.12. The molecule has 43 heavy (non-hydrogen) atoms. The van der Waals surface area contributed by atoms with Crippen molar-refractivity contribution >= 4 is 39.7 Å². The Morgan fingerprint density at radius 3 is 2.56 bits per heavy atom. The Bertz CT molecular complexity index is 1450. The van der Waals surface area contributed by atoms with Crippen molar-refractivity contribution in [3.63, 3.8) is 0 Å². The minimum Gasteiger partial charge on any atom is -0.481 e. The largest absolute Gasteiger partial charge is 0.481 e. The van der Waals surface area contributed by atoms with E-state index in [0.29, 0.717) is 18.7 Å². The van der Waals surface area contributed by atoms with E-state index < -0.39 is 12.1 Å². The summed E-state index contributed by atoms with van der Waals surface area (Å²) in [6, 6.07) is 13.7. The number of likely N-dealkylation sites (N-methyl/N-ethyl adjacent to an activating group) is 1. The molecule has 0 aliphatic rings. The molecular weight excluding hydrogens is 546 g/mol. The van der Waals surface area contributed by atoms with Gasteiger partial charge in [-0.15, -0.1) is 0 Å². The monoisotopic (exact) mass is 591 g/mol. The van der Waals surface area contributed by atoms with E-state index in [0.717, 1.165) is 84.9 Å². The van der Waals surface area contributed by atoms with Crippen molar-refractivity contribution < 1.29 is 24.2 Å². The van der Waals surface area contributed by atoms with Crippen LogP contribution in [0.5, 0.6) is 0 Å². The van der Waals surface area contributed by atoms with E-state index >= 15 is 0 Å². The van der Waals surface area contributed by atoms with Crippen LogP contribution < -0.4 is 5.32 Å². The number of benzene rings is 2. The molecule has 10 nitrogen and oxygen atoms in total. The summed E-state index contributed by atoms with van der Waals surface area (Å²) >= 11 is 0. The fraction of sp³-hybridized carbons (Fsp3) is 0.455. The lowest BCUT2D eigenvalue weighted by atomic mass is 10.1. The Morgan fingerprint density at radius 2 is 1.81 bits per heavy atom. The number of anilines is 1. The highest BCUT2D eigenvalue weighted by molar-refractivity contribution is 5.92. The third-order valence-electron chi connectivity index (χ3n) is 6.95. The molecule has 2 heterocycles. The average molecular weight is 592 g/mol. The van der Waals surface area contributed by atoms with Gasteiger partial charge in [0.05, 0.1) is 29.5 Å². The number of aliphatic carboxylic acids is 1. The van der Waals surface area contributed by atoms with Gasteiger partial charge in [0, 0.05) is 41.8 Å². The number of fused-ring (bicyclic) bond motifs is 2. The zero-order valence-corrected chi connectivity index (χ0v) is 25.8. The van der Waals surface area contributed by atoms with Gasteiger partial charge < -0.3 is 24.5 Å². The molecule has 3 N–H and O–H groups in total. The zero-order valence-electron chi connectivity index (χ0n) is 25.8. The summed E-state index contributed by atoms with van der Waals surface area (Å²) in [7, 11) is 2.09. The summed E-state index contributed by atoms with van der Waals surface area (Å²) in [6.45, 7) is 8.35. The van der Waals surface area contributed by atoms with Gasteiger partial charge in [-0.2, -0.15) is 0 Å². The van der Waals surface area contributed by atoms with Crippen LogP contribution in [0.25, 0.3) is 21.9 Å². The number of unbranched alkanes of at least 4 members (excludes halogenated alkanes) is 3. The van der Waals surface area contributed by atoms with Crippen LogP contribution in [0, 0.1) is 6.92 Å². The number of ether oxygens (including phenoxy) is 2. The van der Waals surface area contributed by atoms with Gasteiger partial charge in [0.1, 0.15) is 0 Å². The van der Waals surface area contributed by atoms with Gasteiger partial charge in [-0.05, 0) is 69.1 Å². The molecule has 0 saturated heterocycles. The SMILES string of the molecule is CCCCCC(=O)O.CCCCOCOC(=O)Nc1ccc2[nH]c(C)c(CCN(C)Cc3cnc4ccccc4n3)c2c1. The molecule has 10 heteroatoms. The molecule has 0 bridgehead atoms. The van der Waals surface area contributed by atoms with Crippen LogP contribution in [0.1, 0.15) is 69.3 Å². The molecule has 2 aromatic carbocycles. The highest BCUT2D eigenvalue weighted by atomic mass is 16.7. The number of para-hydroxylation sites is 2. The normalized spacial score (nSPS) is 11.0. The van der Waals surface area contributed by atoms with E-state index in [-0.39, 0.29) is 6.79 Å². The van der Waals surface area contributed by atoms with Gasteiger partial charge in [-0.1, -0.05) is 45.2 Å². The van der Waals surface area contributed by atoms with Crippen molar-refractivity contribution in [2.75, 3.05) is 32.3 Å². The molecule has 0 spiro atoms. The summed E-state index contributed by atoms with van der Waals surface area (Å²) in [5, 5.41) is 12.0. The minimum absolute atomic E-state index is 0.0451. The molecule has 1 amide bonds. The lowest BCUT2D eigenvalue weighted by Gasteiger charge is -2.16. The Labute approximate surface area is 253 Å². The number of nitrogens with zero attached hydrogens (tertiary/aromatic N) is 3. The van der Waals surface area contributed by atoms with Crippen molar-refractivity contribution in [1.82, 2.24) is 19.9 Å². The molecule has 2 aromatic heterocycles. The Hall–Kier alpha value is -4.02. The fourth-order valence-electron chi connectivity index (χ4n) is 4.59. The van der Waals surface area contributed by atoms with Crippen molar-refractivity contribution in [3.8, 4) is 0 Å². The van der Waals surface area contributed by atoms with Crippen molar-refractivity contribution in [3.05, 3.63) is 65.6 Å². The van der Waals surface area contributed by atoms with Gasteiger partial charge in [-0.25, -0.2) is 9.78 Å². The van der Waals surface area contributed by atoms with Crippen molar-refractivity contribution in [2.24, 2.45) is 0 Å². The quantitative estimate of drug-likeness (QED) is 0.0989. The van der Waals surface area contributed by atoms with E-state index in [1.54, 1.807) is 0 Å². The topological polar surface area (TPSA) is 130 Å². The Morgan fingerprint density at radius 1 is 1.05 bits per heavy atom. The lowest BCUT2D eigenvalue weighted by molar-refractivity contribution is -0.137. The zero-order chi connectivity index (χ0) is 31.0. The molecule has 0 radical (unpaired) electrons. The van der Waals surface area contributed by atoms with Crippen LogP contribution >= 0.6 is 0 Å². The van der Waals surface area contributed by atoms with Crippen LogP contribution in [-0.4, -0.2) is 64.0 Å². The molecule has 0 atom stereocenters. The number of carbonyl (C=O) groups is 2. The molecule has 0 unspecified atom stereocenters. The van der Waals surface area contributed by atoms with Gasteiger partial charge in [0.2, 0.25) is 0 Å². The van der Waals surface area contributed by atoms with Crippen LogP contribution in [0.2, 0.25) is 0 Å². The molecule has 0 saturated carbocycles. The highest BCUT2D eigenvalue weighted by Crippen LogP contribution is 2.26. The molecule has 4 aromatic rings. The third-order valence-corrected chi connectivity index (χ3v) is 6.95. The summed E-state index contributed by atoms with van der Waals surface area (Å²) in [4.78, 5) is 36.9. The first kappa shape index (κ1) is 33.5. The first-order valence-corrected chi connectivity index (χ1v) is 15.0. The van der Waals surface area contributed by atoms with E-state index in [1.165, 1.54) is 5.56 Å². The second-order valence-electron chi connectivity index (χ2n) is 10.6. The predicted octanol–water partition coefficient (Wildman–Crippen LogP) is 7.07. The molecule has 0 aliphatic heterocycles. The van der Waals surface area contributed by atoms with Crippen LogP contribution in [-0.2, 0) is 27.2 Å². The lowest BCUT2D eigenvalue weighted by Crippen LogP contribution is -2.21. The number of aromatic nitrogens is 3.